The summed E-state index contributed by atoms with van der Waals surface area (Å²) in [5, 5.41) is 18.5. The number of nitrogens with zero attached hydrogens (tertiary/aromatic N) is 9. The predicted octanol–water partition coefficient (Wildman–Crippen LogP) is 4.43. The number of carbonyl (C=O) groups excluding carboxylic acids is 12. The van der Waals surface area contributed by atoms with Crippen LogP contribution in [0.15, 0.2) is 0 Å². The zero-order valence-electron chi connectivity index (χ0n) is 60.4. The van der Waals surface area contributed by atoms with Crippen molar-refractivity contribution in [2.75, 3.05) is 75.0 Å². The fourth-order valence-electron chi connectivity index (χ4n) is 16.2. The Bertz CT molecular complexity index is 2920. The van der Waals surface area contributed by atoms with Gasteiger partial charge < -0.3 is 65.2 Å². The zero-order chi connectivity index (χ0) is 73.3. The summed E-state index contributed by atoms with van der Waals surface area (Å²) in [5.74, 6) is -11.1. The third-order valence-corrected chi connectivity index (χ3v) is 23.0. The second-order valence-corrected chi connectivity index (χ2v) is 31.0. The van der Waals surface area contributed by atoms with Crippen LogP contribution in [0.25, 0.3) is 0 Å². The molecule has 0 aromatic heterocycles. The van der Waals surface area contributed by atoms with Gasteiger partial charge in [-0.25, -0.2) is 0 Å². The van der Waals surface area contributed by atoms with E-state index < -0.39 is 173 Å². The Kier molecular flexibility index (Phi) is 27.9. The number of likely N-dealkylation sites (N-methyl/N-ethyl adjacent to an activating group) is 6. The van der Waals surface area contributed by atoms with E-state index in [-0.39, 0.29) is 101 Å². The molecule has 3 unspecified atom stereocenters. The Balaban J connectivity index is 1.27. The monoisotopic (exact) mass is 1420 g/mol. The van der Waals surface area contributed by atoms with Gasteiger partial charge in [0.1, 0.15) is 59.9 Å². The molecule has 4 N–H and O–H groups in total. The summed E-state index contributed by atoms with van der Waals surface area (Å²) in [4.78, 5) is 190. The van der Waals surface area contributed by atoms with E-state index in [9.17, 15) is 56.6 Å². The number of halogens is 4. The van der Waals surface area contributed by atoms with Crippen molar-refractivity contribution < 1.29 is 75.8 Å². The number of hydrogen-bond donors (Lipinski definition) is 4. The Hall–Kier alpha value is -6.32. The Morgan fingerprint density at radius 1 is 0.606 bits per heavy atom. The minimum Gasteiger partial charge on any atom is -0.391 e. The third-order valence-electron chi connectivity index (χ3n) is 22.5. The van der Waals surface area contributed by atoms with Crippen LogP contribution in [-0.4, -0.2) is 273 Å². The number of alkyl halides is 4. The number of rotatable bonds is 10. The average Bonchev–Trinajstić information content (AvgIpc) is 1.58. The third kappa shape index (κ3) is 19.1. The SMILES string of the molecule is CC(C)C[C@H]1C(=O)N[C@@H]([C@@H](C)O)C(=O)N(C)[C@@H](C)C(=O)N2CC[C@H]2C(=O)N(C)[C@@H](CC2CCCCC2)C(=O)N(C)CC(=O)N[C@@H](CCC2CCC(C(F)(F)F)C(Cl)C2)C(=O)N2CCC[C@H]2C(=O)NC2(CCCC2)C(=O)N(C)[C@@H](C(C)C)C(=O)N(C)[C@H](C(=O)N2CCCCC2)CC(=O)N1C. The van der Waals surface area contributed by atoms with Crippen LogP contribution in [0.2, 0.25) is 0 Å². The van der Waals surface area contributed by atoms with E-state index in [0.717, 1.165) is 53.2 Å². The molecule has 4 aliphatic heterocycles. The first kappa shape index (κ1) is 80.0. The lowest BCUT2D eigenvalue weighted by atomic mass is 9.78. The van der Waals surface area contributed by atoms with Crippen LogP contribution in [0, 0.1) is 29.6 Å². The number of hydrogen-bond acceptors (Lipinski definition) is 13. The summed E-state index contributed by atoms with van der Waals surface area (Å²) < 4.78 is 42.0. The van der Waals surface area contributed by atoms with Gasteiger partial charge in [0, 0.05) is 73.8 Å². The highest BCUT2D eigenvalue weighted by atomic mass is 35.5. The Morgan fingerprint density at radius 3 is 1.81 bits per heavy atom. The second-order valence-electron chi connectivity index (χ2n) is 30.4. The number of likely N-dealkylation sites (tertiary alicyclic amines) is 1. The van der Waals surface area contributed by atoms with Crippen LogP contribution in [0.5, 0.6) is 0 Å². The highest BCUT2D eigenvalue weighted by Gasteiger charge is 2.52. The number of piperidine rings is 1. The molecule has 4 heterocycles. The molecule has 12 amide bonds. The molecule has 3 aliphatic carbocycles. The van der Waals surface area contributed by atoms with Gasteiger partial charge in [-0.1, -0.05) is 72.6 Å². The molecule has 1 spiro atoms. The van der Waals surface area contributed by atoms with E-state index in [1.807, 2.05) is 13.8 Å². The average molecular weight is 1420 g/mol. The van der Waals surface area contributed by atoms with Gasteiger partial charge in [0.2, 0.25) is 70.9 Å². The lowest BCUT2D eigenvalue weighted by Gasteiger charge is -2.45. The minimum atomic E-state index is -4.51. The molecule has 0 bridgehead atoms. The molecule has 7 fully saturated rings. The number of amides is 12. The van der Waals surface area contributed by atoms with Crippen molar-refractivity contribution >= 4 is 82.5 Å². The van der Waals surface area contributed by atoms with E-state index in [0.29, 0.717) is 45.2 Å². The first-order chi connectivity index (χ1) is 46.5. The number of aliphatic hydroxyl groups is 1. The van der Waals surface area contributed by atoms with Gasteiger partial charge in [-0.2, -0.15) is 13.2 Å². The summed E-state index contributed by atoms with van der Waals surface area (Å²) in [6.45, 7) is 10.1. The molecule has 0 aromatic carbocycles. The lowest BCUT2D eigenvalue weighted by molar-refractivity contribution is -0.182. The topological polar surface area (TPSA) is 290 Å². The van der Waals surface area contributed by atoms with E-state index in [1.165, 1.54) is 80.6 Å². The maximum atomic E-state index is 15.4. The van der Waals surface area contributed by atoms with Crippen LogP contribution >= 0.6 is 11.6 Å². The molecule has 29 heteroatoms. The standard InChI is InChI=1S/C70H112ClF3N12O13/c1-41(2)36-52-59(90)76-57(44(6)87)66(97)79(8)43(5)61(92)86-35-29-51(86)64(95)81(10)53(38-45-22-15-13-16-23-45)63(94)78(7)40-55(88)75-49(28-26-46-25-27-47(48(71)37-46)70(72,73)74)62(93)85-34-21-24-50(85)60(91)77-69(30-17-18-31-69)68(99)83(12)58(42(3)4)67(98)82(11)54(39-56(89)80(52)9)65(96)84-32-19-14-20-33-84/h41-54,57-58,87H,13-40H2,1-12H3,(H,75,88)(H,76,90)(H,77,91)/t43-,44+,46?,47?,48?,49-,50-,51-,52-,53-,54-,57-,58-/m0/s1. The second kappa shape index (κ2) is 34.6. The molecular formula is C70H112ClF3N12O13. The molecule has 558 valence electrons. The van der Waals surface area contributed by atoms with E-state index >= 15 is 19.2 Å². The fraction of sp³-hybridized carbons (Fsp3) is 0.829. The number of carbonyl (C=O) groups is 12. The van der Waals surface area contributed by atoms with Crippen LogP contribution in [-0.2, 0) is 57.5 Å². The van der Waals surface area contributed by atoms with Crippen molar-refractivity contribution in [1.82, 2.24) is 60.0 Å². The quantitative estimate of drug-likeness (QED) is 0.221. The molecule has 13 atom stereocenters. The summed E-state index contributed by atoms with van der Waals surface area (Å²) in [6.07, 6.45) is 2.16. The van der Waals surface area contributed by atoms with Gasteiger partial charge in [0.25, 0.3) is 0 Å². The van der Waals surface area contributed by atoms with Crippen LogP contribution in [0.1, 0.15) is 189 Å². The van der Waals surface area contributed by atoms with Crippen molar-refractivity contribution in [3.63, 3.8) is 0 Å². The van der Waals surface area contributed by atoms with Gasteiger partial charge in [0.05, 0.1) is 25.0 Å². The number of aliphatic hydroxyl groups excluding tert-OH is 1. The molecule has 25 nitrogen and oxygen atoms in total. The molecule has 7 rings (SSSR count). The van der Waals surface area contributed by atoms with Crippen molar-refractivity contribution in [2.45, 2.75) is 267 Å². The minimum absolute atomic E-state index is 0.00731. The van der Waals surface area contributed by atoms with Crippen LogP contribution < -0.4 is 16.0 Å². The summed E-state index contributed by atoms with van der Waals surface area (Å²) in [5.41, 5.74) is -1.58. The van der Waals surface area contributed by atoms with E-state index in [1.54, 1.807) is 18.7 Å². The molecule has 0 radical (unpaired) electrons. The number of fused-ring (bicyclic) bond motifs is 2. The normalized spacial score (nSPS) is 31.2. The van der Waals surface area contributed by atoms with E-state index in [2.05, 4.69) is 16.0 Å². The van der Waals surface area contributed by atoms with Crippen LogP contribution in [0.4, 0.5) is 13.2 Å². The summed E-state index contributed by atoms with van der Waals surface area (Å²) in [7, 11) is 8.38. The molecular weight excluding hydrogens is 1310 g/mol. The van der Waals surface area contributed by atoms with Gasteiger partial charge in [-0.15, -0.1) is 11.6 Å². The van der Waals surface area contributed by atoms with Gasteiger partial charge >= 0.3 is 6.18 Å². The zero-order valence-corrected chi connectivity index (χ0v) is 61.2. The largest absolute Gasteiger partial charge is 0.393 e. The maximum absolute atomic E-state index is 15.4. The summed E-state index contributed by atoms with van der Waals surface area (Å²) >= 11 is 6.39. The highest BCUT2D eigenvalue weighted by molar-refractivity contribution is 6.21. The van der Waals surface area contributed by atoms with Crippen molar-refractivity contribution in [2.24, 2.45) is 29.6 Å². The maximum Gasteiger partial charge on any atom is 0.393 e. The first-order valence-corrected chi connectivity index (χ1v) is 36.7. The smallest absolute Gasteiger partial charge is 0.391 e. The molecule has 0 aromatic rings. The Labute approximate surface area is 587 Å². The van der Waals surface area contributed by atoms with Gasteiger partial charge in [0.15, 0.2) is 0 Å². The molecule has 99 heavy (non-hydrogen) atoms. The van der Waals surface area contributed by atoms with Crippen molar-refractivity contribution in [3.05, 3.63) is 0 Å². The van der Waals surface area contributed by atoms with Gasteiger partial charge in [-0.05, 0) is 134 Å². The highest BCUT2D eigenvalue weighted by Crippen LogP contribution is 2.44. The van der Waals surface area contributed by atoms with Crippen LogP contribution in [0.3, 0.4) is 0 Å². The first-order valence-electron chi connectivity index (χ1n) is 36.3. The van der Waals surface area contributed by atoms with Crippen molar-refractivity contribution in [1.29, 1.82) is 0 Å². The molecule has 4 saturated heterocycles. The van der Waals surface area contributed by atoms with Crippen molar-refractivity contribution in [3.8, 4) is 0 Å². The lowest BCUT2D eigenvalue weighted by Crippen LogP contribution is -2.65. The van der Waals surface area contributed by atoms with E-state index in [4.69, 9.17) is 11.6 Å². The predicted molar refractivity (Wildman–Crippen MR) is 362 cm³/mol. The fourth-order valence-corrected chi connectivity index (χ4v) is 16.7. The molecule has 3 saturated carbocycles. The summed E-state index contributed by atoms with van der Waals surface area (Å²) in [6, 6.07) is -11.7. The van der Waals surface area contributed by atoms with Gasteiger partial charge in [-0.3, -0.25) is 57.5 Å². The number of nitrogens with one attached hydrogen (secondary N) is 3. The molecule has 7 aliphatic rings. The Morgan fingerprint density at radius 2 is 1.23 bits per heavy atom.